The highest BCUT2D eigenvalue weighted by Crippen LogP contribution is 2.21. The maximum absolute atomic E-state index is 13.4. The summed E-state index contributed by atoms with van der Waals surface area (Å²) >= 11 is 1.27. The van der Waals surface area contributed by atoms with Crippen LogP contribution in [0.3, 0.4) is 0 Å². The van der Waals surface area contributed by atoms with E-state index in [9.17, 15) is 14.4 Å². The fraction of sp³-hybridized carbons (Fsp3) is 0.429. The average molecular weight is 494 g/mol. The summed E-state index contributed by atoms with van der Waals surface area (Å²) < 4.78 is 1.66. The van der Waals surface area contributed by atoms with E-state index in [-0.39, 0.29) is 23.0 Å². The lowest BCUT2D eigenvalue weighted by Gasteiger charge is -2.15. The Bertz CT molecular complexity index is 1250. The van der Waals surface area contributed by atoms with Crippen LogP contribution in [0.2, 0.25) is 0 Å². The Morgan fingerprint density at radius 3 is 2.29 bits per heavy atom. The zero-order valence-corrected chi connectivity index (χ0v) is 22.1. The predicted octanol–water partition coefficient (Wildman–Crippen LogP) is 5.50. The minimum atomic E-state index is -0.179. The van der Waals surface area contributed by atoms with Crippen LogP contribution in [0.5, 0.6) is 0 Å². The number of carbonyl (C=O) groups excluding carboxylic acids is 2. The molecule has 2 aromatic carbocycles. The summed E-state index contributed by atoms with van der Waals surface area (Å²) in [6.07, 6.45) is 1.72. The van der Waals surface area contributed by atoms with Gasteiger partial charge in [-0.1, -0.05) is 69.3 Å². The fourth-order valence-electron chi connectivity index (χ4n) is 3.57. The molecule has 7 heteroatoms. The van der Waals surface area contributed by atoms with Gasteiger partial charge in [-0.05, 0) is 49.8 Å². The molecule has 0 fully saturated rings. The molecule has 0 saturated heterocycles. The molecule has 1 heterocycles. The molecule has 0 aliphatic carbocycles. The van der Waals surface area contributed by atoms with Crippen LogP contribution < -0.4 is 10.9 Å². The van der Waals surface area contributed by atoms with Crippen LogP contribution >= 0.6 is 11.8 Å². The van der Waals surface area contributed by atoms with E-state index >= 15 is 0 Å². The number of fused-ring (bicyclic) bond motifs is 1. The molecule has 1 aromatic heterocycles. The number of rotatable bonds is 11. The number of aryl methyl sites for hydroxylation is 1. The first kappa shape index (κ1) is 26.7. The number of nitrogens with one attached hydrogen (secondary N) is 1. The molecule has 35 heavy (non-hydrogen) atoms. The summed E-state index contributed by atoms with van der Waals surface area (Å²) in [5, 5.41) is 3.91. The minimum absolute atomic E-state index is 0.0157. The molecule has 0 spiro atoms. The number of nitrogens with zero attached hydrogens (tertiary/aromatic N) is 2. The van der Waals surface area contributed by atoms with Gasteiger partial charge < -0.3 is 5.32 Å². The smallest absolute Gasteiger partial charge is 0.262 e. The number of carbonyl (C=O) groups is 2. The van der Waals surface area contributed by atoms with Gasteiger partial charge in [0, 0.05) is 24.2 Å². The number of thioether (sulfide) groups is 1. The molecule has 186 valence electrons. The van der Waals surface area contributed by atoms with Crippen molar-refractivity contribution in [2.75, 3.05) is 12.3 Å². The van der Waals surface area contributed by atoms with Crippen molar-refractivity contribution in [2.24, 2.45) is 11.8 Å². The van der Waals surface area contributed by atoms with E-state index in [1.165, 1.54) is 11.8 Å². The first-order chi connectivity index (χ1) is 16.7. The van der Waals surface area contributed by atoms with Gasteiger partial charge in [-0.3, -0.25) is 19.0 Å². The number of hydrogen-bond acceptors (Lipinski definition) is 5. The first-order valence-corrected chi connectivity index (χ1v) is 13.2. The number of amides is 1. The molecular weight excluding hydrogens is 458 g/mol. The van der Waals surface area contributed by atoms with Crippen molar-refractivity contribution >= 4 is 34.4 Å². The van der Waals surface area contributed by atoms with Gasteiger partial charge in [0.2, 0.25) is 0 Å². The summed E-state index contributed by atoms with van der Waals surface area (Å²) in [6, 6.07) is 12.5. The monoisotopic (exact) mass is 493 g/mol. The quantitative estimate of drug-likeness (QED) is 0.217. The van der Waals surface area contributed by atoms with Crippen LogP contribution in [-0.4, -0.2) is 33.5 Å². The number of benzene rings is 2. The maximum Gasteiger partial charge on any atom is 0.262 e. The van der Waals surface area contributed by atoms with E-state index < -0.39 is 0 Å². The van der Waals surface area contributed by atoms with Crippen molar-refractivity contribution in [3.8, 4) is 0 Å². The van der Waals surface area contributed by atoms with Gasteiger partial charge in [0.15, 0.2) is 10.9 Å². The van der Waals surface area contributed by atoms with Gasteiger partial charge in [-0.15, -0.1) is 0 Å². The summed E-state index contributed by atoms with van der Waals surface area (Å²) in [5.74, 6) is 0.902. The Balaban J connectivity index is 1.90. The molecule has 1 amide bonds. The van der Waals surface area contributed by atoms with Crippen LogP contribution in [0.25, 0.3) is 10.9 Å². The van der Waals surface area contributed by atoms with Crippen molar-refractivity contribution in [3.05, 3.63) is 69.5 Å². The molecule has 0 atom stereocenters. The van der Waals surface area contributed by atoms with Crippen molar-refractivity contribution in [3.63, 3.8) is 0 Å². The van der Waals surface area contributed by atoms with Crippen molar-refractivity contribution < 1.29 is 9.59 Å². The van der Waals surface area contributed by atoms with Crippen molar-refractivity contribution in [2.45, 2.75) is 59.2 Å². The molecule has 3 aromatic rings. The maximum atomic E-state index is 13.4. The normalized spacial score (nSPS) is 11.4. The number of Topliss-reactive ketones (excluding diaryl/α,β-unsaturated/α-hetero) is 1. The lowest BCUT2D eigenvalue weighted by atomic mass is 10.1. The third-order valence-corrected chi connectivity index (χ3v) is 6.80. The number of hydrogen-bond donors (Lipinski definition) is 1. The Labute approximate surface area is 211 Å². The second kappa shape index (κ2) is 12.2. The van der Waals surface area contributed by atoms with E-state index in [1.807, 2.05) is 31.2 Å². The van der Waals surface area contributed by atoms with E-state index in [0.29, 0.717) is 52.1 Å². The summed E-state index contributed by atoms with van der Waals surface area (Å²) in [6.45, 7) is 11.5. The third-order valence-electron chi connectivity index (χ3n) is 5.83. The summed E-state index contributed by atoms with van der Waals surface area (Å²) in [5.41, 5.74) is 2.53. The largest absolute Gasteiger partial charge is 0.352 e. The molecule has 6 nitrogen and oxygen atoms in total. The first-order valence-electron chi connectivity index (χ1n) is 12.2. The molecule has 0 aliphatic rings. The van der Waals surface area contributed by atoms with Gasteiger partial charge in [-0.25, -0.2) is 4.98 Å². The zero-order valence-electron chi connectivity index (χ0n) is 21.3. The average Bonchev–Trinajstić information content (AvgIpc) is 2.81. The van der Waals surface area contributed by atoms with Crippen molar-refractivity contribution in [1.82, 2.24) is 14.9 Å². The third kappa shape index (κ3) is 7.28. The summed E-state index contributed by atoms with van der Waals surface area (Å²) in [4.78, 5) is 43.5. The van der Waals surface area contributed by atoms with Crippen LogP contribution in [-0.2, 0) is 6.54 Å². The van der Waals surface area contributed by atoms with E-state index in [1.54, 1.807) is 22.8 Å². The van der Waals surface area contributed by atoms with Gasteiger partial charge >= 0.3 is 0 Å². The van der Waals surface area contributed by atoms with Gasteiger partial charge in [0.05, 0.1) is 16.7 Å². The van der Waals surface area contributed by atoms with E-state index in [2.05, 4.69) is 33.0 Å². The zero-order chi connectivity index (χ0) is 25.5. The molecule has 0 aliphatic heterocycles. The molecular formula is C28H35N3O3S. The summed E-state index contributed by atoms with van der Waals surface area (Å²) in [7, 11) is 0. The van der Waals surface area contributed by atoms with Crippen LogP contribution in [0.1, 0.15) is 66.8 Å². The second-order valence-electron chi connectivity index (χ2n) is 9.78. The molecule has 1 N–H and O–H groups in total. The molecule has 0 radical (unpaired) electrons. The SMILES string of the molecule is Cc1ccc(C(=O)CSc2nc3cc(C(=O)NCCC(C)C)ccc3c(=O)n2CCC(C)C)cc1. The Hall–Kier alpha value is -2.93. The number of aromatic nitrogens is 2. The molecule has 3 rings (SSSR count). The van der Waals surface area contributed by atoms with E-state index in [4.69, 9.17) is 4.98 Å². The highest BCUT2D eigenvalue weighted by Gasteiger charge is 2.16. The lowest BCUT2D eigenvalue weighted by molar-refractivity contribution is 0.0951. The molecule has 0 saturated carbocycles. The van der Waals surface area contributed by atoms with Gasteiger partial charge in [0.25, 0.3) is 11.5 Å². The minimum Gasteiger partial charge on any atom is -0.352 e. The van der Waals surface area contributed by atoms with Crippen molar-refractivity contribution in [1.29, 1.82) is 0 Å². The predicted molar refractivity (Wildman–Crippen MR) is 143 cm³/mol. The molecule has 0 bridgehead atoms. The fourth-order valence-corrected chi connectivity index (χ4v) is 4.49. The Kier molecular flexibility index (Phi) is 9.26. The highest BCUT2D eigenvalue weighted by molar-refractivity contribution is 7.99. The van der Waals surface area contributed by atoms with E-state index in [0.717, 1.165) is 18.4 Å². The second-order valence-corrected chi connectivity index (χ2v) is 10.7. The Morgan fingerprint density at radius 1 is 0.971 bits per heavy atom. The highest BCUT2D eigenvalue weighted by atomic mass is 32.2. The molecule has 0 unspecified atom stereocenters. The topological polar surface area (TPSA) is 81.1 Å². The van der Waals surface area contributed by atoms with Crippen LogP contribution in [0, 0.1) is 18.8 Å². The van der Waals surface area contributed by atoms with Crippen LogP contribution in [0.4, 0.5) is 0 Å². The lowest BCUT2D eigenvalue weighted by Crippen LogP contribution is -2.26. The Morgan fingerprint density at radius 2 is 1.63 bits per heavy atom. The van der Waals surface area contributed by atoms with Gasteiger partial charge in [-0.2, -0.15) is 0 Å². The van der Waals surface area contributed by atoms with Crippen LogP contribution in [0.15, 0.2) is 52.4 Å². The van der Waals surface area contributed by atoms with Gasteiger partial charge in [0.1, 0.15) is 0 Å². The standard InChI is InChI=1S/C28H35N3O3S/c1-18(2)12-14-29-26(33)22-10-11-23-24(16-22)30-28(31(27(23)34)15-13-19(3)4)35-17-25(32)21-8-6-20(5)7-9-21/h6-11,16,18-19H,12-15,17H2,1-5H3,(H,29,33). The number of ketones is 1.